The molecule has 3 rings (SSSR count). The van der Waals surface area contributed by atoms with Crippen molar-refractivity contribution in [2.24, 2.45) is 0 Å². The highest BCUT2D eigenvalue weighted by atomic mass is 32.2. The van der Waals surface area contributed by atoms with Gasteiger partial charge < -0.3 is 9.84 Å². The Bertz CT molecular complexity index is 838. The maximum Gasteiger partial charge on any atom is 0.303 e. The van der Waals surface area contributed by atoms with Gasteiger partial charge in [-0.05, 0) is 42.7 Å². The molecule has 2 aromatic carbocycles. The third-order valence-corrected chi connectivity index (χ3v) is 5.49. The molecule has 0 bridgehead atoms. The summed E-state index contributed by atoms with van der Waals surface area (Å²) in [5.74, 6) is 0.394. The van der Waals surface area contributed by atoms with Crippen molar-refractivity contribution in [2.75, 3.05) is 0 Å². The van der Waals surface area contributed by atoms with Gasteiger partial charge in [-0.1, -0.05) is 30.3 Å². The molecule has 1 amide bonds. The van der Waals surface area contributed by atoms with Crippen LogP contribution < -0.4 is 4.74 Å². The maximum absolute atomic E-state index is 12.1. The maximum atomic E-state index is 12.1. The molecule has 1 aliphatic heterocycles. The molecule has 1 N–H and O–H groups in total. The number of nitrogens with zero attached hydrogens (tertiary/aromatic N) is 1. The molecule has 1 aliphatic rings. The van der Waals surface area contributed by atoms with Gasteiger partial charge in [0.15, 0.2) is 0 Å². The lowest BCUT2D eigenvalue weighted by Gasteiger charge is -2.22. The normalized spacial score (nSPS) is 16.2. The predicted octanol–water partition coefficient (Wildman–Crippen LogP) is 4.05. The van der Waals surface area contributed by atoms with Gasteiger partial charge in [0.1, 0.15) is 11.5 Å². The number of para-hydroxylation sites is 1. The van der Waals surface area contributed by atoms with Crippen molar-refractivity contribution < 1.29 is 24.2 Å². The average Bonchev–Trinajstić information content (AvgIpc) is 3.02. The number of rotatable bonds is 8. The molecule has 0 radical (unpaired) electrons. The van der Waals surface area contributed by atoms with E-state index in [1.165, 1.54) is 4.31 Å². The van der Waals surface area contributed by atoms with Crippen molar-refractivity contribution >= 4 is 28.9 Å². The third-order valence-electron chi connectivity index (χ3n) is 4.39. The zero-order chi connectivity index (χ0) is 19.9. The van der Waals surface area contributed by atoms with Gasteiger partial charge in [0.2, 0.25) is 11.0 Å². The summed E-state index contributed by atoms with van der Waals surface area (Å²) in [6.07, 6.45) is 1.42. The molecule has 0 spiro atoms. The lowest BCUT2D eigenvalue weighted by molar-refractivity contribution is -0.137. The number of carboxylic acids is 1. The zero-order valence-corrected chi connectivity index (χ0v) is 16.1. The van der Waals surface area contributed by atoms with Gasteiger partial charge in [0, 0.05) is 30.8 Å². The minimum atomic E-state index is -1.02. The van der Waals surface area contributed by atoms with Gasteiger partial charge in [-0.15, -0.1) is 0 Å². The number of ether oxygens (including phenoxy) is 1. The molecule has 0 saturated carbocycles. The van der Waals surface area contributed by atoms with Crippen LogP contribution in [0.5, 0.6) is 11.5 Å². The van der Waals surface area contributed by atoms with E-state index in [1.54, 1.807) is 0 Å². The number of hydrogen-bond acceptors (Lipinski definition) is 5. The van der Waals surface area contributed by atoms with E-state index in [9.17, 15) is 14.4 Å². The van der Waals surface area contributed by atoms with Crippen molar-refractivity contribution in [3.8, 4) is 11.5 Å². The predicted molar refractivity (Wildman–Crippen MR) is 106 cm³/mol. The van der Waals surface area contributed by atoms with Crippen LogP contribution in [0.25, 0.3) is 0 Å². The van der Waals surface area contributed by atoms with Crippen molar-refractivity contribution in [2.45, 2.75) is 38.1 Å². The molecule has 146 valence electrons. The van der Waals surface area contributed by atoms with Gasteiger partial charge in [-0.3, -0.25) is 18.7 Å². The molecule has 28 heavy (non-hydrogen) atoms. The van der Waals surface area contributed by atoms with Gasteiger partial charge in [0.25, 0.3) is 0 Å². The second kappa shape index (κ2) is 9.41. The molecular formula is C21H21NO5S. The molecule has 1 fully saturated rings. The summed E-state index contributed by atoms with van der Waals surface area (Å²) in [5, 5.41) is 8.39. The van der Waals surface area contributed by atoms with Crippen molar-refractivity contribution in [3.05, 3.63) is 60.2 Å². The Labute approximate surface area is 167 Å². The molecule has 0 unspecified atom stereocenters. The van der Waals surface area contributed by atoms with Crippen LogP contribution >= 0.6 is 11.9 Å². The topological polar surface area (TPSA) is 83.9 Å². The van der Waals surface area contributed by atoms with E-state index in [4.69, 9.17) is 9.84 Å². The van der Waals surface area contributed by atoms with E-state index >= 15 is 0 Å². The highest BCUT2D eigenvalue weighted by Crippen LogP contribution is 2.31. The zero-order valence-electron chi connectivity index (χ0n) is 15.2. The van der Waals surface area contributed by atoms with Crippen LogP contribution in [0.15, 0.2) is 54.6 Å². The summed E-state index contributed by atoms with van der Waals surface area (Å²) in [5.41, 5.74) is 1.05. The number of carboxylic acid groups (broad SMARTS) is 1. The summed E-state index contributed by atoms with van der Waals surface area (Å²) in [4.78, 5) is 34.7. The fourth-order valence-electron chi connectivity index (χ4n) is 2.99. The smallest absolute Gasteiger partial charge is 0.303 e. The van der Waals surface area contributed by atoms with Crippen molar-refractivity contribution in [3.63, 3.8) is 0 Å². The molecule has 0 aromatic heterocycles. The monoisotopic (exact) mass is 399 g/mol. The summed E-state index contributed by atoms with van der Waals surface area (Å²) >= 11 is 0.846. The molecule has 1 heterocycles. The standard InChI is InChI=1S/C21H21NO5S/c23-19-11-8-16(22(19)28-21(26)13-12-20(24)25)14-15-6-9-18(10-7-15)27-17-4-2-1-3-5-17/h1-7,9-10,16H,8,11-14H2,(H,24,25)/t16-/m1/s1. The summed E-state index contributed by atoms with van der Waals surface area (Å²) in [6, 6.07) is 17.1. The number of carbonyl (C=O) groups excluding carboxylic acids is 2. The van der Waals surface area contributed by atoms with Gasteiger partial charge in [-0.2, -0.15) is 0 Å². The first-order chi connectivity index (χ1) is 13.5. The summed E-state index contributed by atoms with van der Waals surface area (Å²) in [6.45, 7) is 0. The molecule has 6 nitrogen and oxygen atoms in total. The lowest BCUT2D eigenvalue weighted by atomic mass is 10.0. The van der Waals surface area contributed by atoms with Crippen LogP contribution in [0.3, 0.4) is 0 Å². The summed E-state index contributed by atoms with van der Waals surface area (Å²) in [7, 11) is 0. The van der Waals surface area contributed by atoms with Crippen LogP contribution in [-0.2, 0) is 20.8 Å². The first-order valence-corrected chi connectivity index (χ1v) is 9.85. The first kappa shape index (κ1) is 19.9. The molecule has 1 atom stereocenters. The Morgan fingerprint density at radius 2 is 1.71 bits per heavy atom. The highest BCUT2D eigenvalue weighted by molar-refractivity contribution is 8.12. The third kappa shape index (κ3) is 5.60. The average molecular weight is 399 g/mol. The molecule has 1 saturated heterocycles. The molecular weight excluding hydrogens is 378 g/mol. The van der Waals surface area contributed by atoms with Gasteiger partial charge >= 0.3 is 5.97 Å². The Morgan fingerprint density at radius 3 is 2.39 bits per heavy atom. The Balaban J connectivity index is 1.57. The first-order valence-electron chi connectivity index (χ1n) is 9.08. The summed E-state index contributed by atoms with van der Waals surface area (Å²) < 4.78 is 7.29. The quantitative estimate of drug-likeness (QED) is 0.674. The van der Waals surface area contributed by atoms with Gasteiger partial charge in [0.05, 0.1) is 6.42 Å². The van der Waals surface area contributed by atoms with Crippen molar-refractivity contribution in [1.29, 1.82) is 0 Å². The van der Waals surface area contributed by atoms with E-state index in [2.05, 4.69) is 0 Å². The minimum absolute atomic E-state index is 0.0767. The Morgan fingerprint density at radius 1 is 1.04 bits per heavy atom. The van der Waals surface area contributed by atoms with Crippen molar-refractivity contribution in [1.82, 2.24) is 4.31 Å². The molecule has 0 aliphatic carbocycles. The number of carbonyl (C=O) groups is 3. The van der Waals surface area contributed by atoms with Crippen LogP contribution in [-0.4, -0.2) is 32.4 Å². The van der Waals surface area contributed by atoms with Gasteiger partial charge in [-0.25, -0.2) is 0 Å². The minimum Gasteiger partial charge on any atom is -0.481 e. The van der Waals surface area contributed by atoms with E-state index in [0.29, 0.717) is 19.3 Å². The lowest BCUT2D eigenvalue weighted by Crippen LogP contribution is -2.29. The number of hydrogen-bond donors (Lipinski definition) is 1. The van der Waals surface area contributed by atoms with Crippen LogP contribution in [0.2, 0.25) is 0 Å². The fraction of sp³-hybridized carbons (Fsp3) is 0.286. The number of aliphatic carboxylic acids is 1. The van der Waals surface area contributed by atoms with Crippen LogP contribution in [0.1, 0.15) is 31.2 Å². The number of benzene rings is 2. The fourth-order valence-corrected chi connectivity index (χ4v) is 3.92. The Kier molecular flexibility index (Phi) is 6.71. The molecule has 7 heteroatoms. The van der Waals surface area contributed by atoms with E-state index < -0.39 is 5.97 Å². The second-order valence-electron chi connectivity index (χ2n) is 6.53. The SMILES string of the molecule is O=C(O)CCC(=O)SN1C(=O)CC[C@@H]1Cc1ccc(Oc2ccccc2)cc1. The Hall–Kier alpha value is -2.80. The van der Waals surface area contributed by atoms with Crippen LogP contribution in [0.4, 0.5) is 0 Å². The number of amides is 1. The van der Waals surface area contributed by atoms with E-state index in [-0.39, 0.29) is 29.9 Å². The van der Waals surface area contributed by atoms with E-state index in [0.717, 1.165) is 29.0 Å². The largest absolute Gasteiger partial charge is 0.481 e. The van der Waals surface area contributed by atoms with Crippen LogP contribution in [0, 0.1) is 0 Å². The highest BCUT2D eigenvalue weighted by Gasteiger charge is 2.33. The molecule has 2 aromatic rings. The van der Waals surface area contributed by atoms with E-state index in [1.807, 2.05) is 54.6 Å². The second-order valence-corrected chi connectivity index (χ2v) is 7.56.